The van der Waals surface area contributed by atoms with E-state index >= 15 is 0 Å². The van der Waals surface area contributed by atoms with Crippen molar-refractivity contribution in [2.45, 2.75) is 6.42 Å². The van der Waals surface area contributed by atoms with Crippen LogP contribution in [-0.2, 0) is 6.42 Å². The van der Waals surface area contributed by atoms with Gasteiger partial charge in [0, 0.05) is 22.3 Å². The normalized spacial score (nSPS) is 14.7. The molecule has 0 aliphatic heterocycles. The van der Waals surface area contributed by atoms with Gasteiger partial charge in [-0.2, -0.15) is 0 Å². The van der Waals surface area contributed by atoms with E-state index in [-0.39, 0.29) is 0 Å². The molecule has 1 heterocycles. The van der Waals surface area contributed by atoms with Gasteiger partial charge in [0.15, 0.2) is 0 Å². The smallest absolute Gasteiger partial charge is 0.143 e. The number of para-hydroxylation sites is 2. The number of allylic oxidation sites excluding steroid dienone is 5. The first-order valence-electron chi connectivity index (χ1n) is 19.9. The molecule has 9 aromatic carbocycles. The van der Waals surface area contributed by atoms with Crippen LogP contribution in [0.3, 0.4) is 0 Å². The van der Waals surface area contributed by atoms with Crippen molar-refractivity contribution in [1.29, 1.82) is 0 Å². The van der Waals surface area contributed by atoms with Crippen LogP contribution in [0.15, 0.2) is 204 Å². The predicted molar refractivity (Wildman–Crippen MR) is 241 cm³/mol. The van der Waals surface area contributed by atoms with Gasteiger partial charge in [0.05, 0.1) is 0 Å². The van der Waals surface area contributed by atoms with Crippen molar-refractivity contribution in [2.24, 2.45) is 5.92 Å². The van der Waals surface area contributed by atoms with Crippen molar-refractivity contribution >= 4 is 60.3 Å². The van der Waals surface area contributed by atoms with Crippen LogP contribution in [0.1, 0.15) is 11.1 Å². The number of benzene rings is 9. The van der Waals surface area contributed by atoms with Crippen molar-refractivity contribution in [3.8, 4) is 44.5 Å². The Balaban J connectivity index is 1.02. The molecule has 10 aromatic rings. The third-order valence-electron chi connectivity index (χ3n) is 12.4. The second kappa shape index (κ2) is 12.7. The Bertz CT molecular complexity index is 3330. The molecule has 0 saturated carbocycles. The third-order valence-corrected chi connectivity index (χ3v) is 12.4. The maximum Gasteiger partial charge on any atom is 0.143 e. The first-order valence-corrected chi connectivity index (χ1v) is 19.9. The zero-order valence-corrected chi connectivity index (χ0v) is 31.2. The zero-order chi connectivity index (χ0) is 37.5. The average molecular weight is 725 g/mol. The first-order chi connectivity index (χ1) is 28.3. The number of hydrogen-bond acceptors (Lipinski definition) is 1. The molecule has 1 unspecified atom stereocenters. The minimum absolute atomic E-state index is 0.432. The van der Waals surface area contributed by atoms with Crippen LogP contribution in [0.5, 0.6) is 0 Å². The Morgan fingerprint density at radius 3 is 1.79 bits per heavy atom. The summed E-state index contributed by atoms with van der Waals surface area (Å²) in [5.41, 5.74) is 15.7. The summed E-state index contributed by atoms with van der Waals surface area (Å²) in [7, 11) is 0. The van der Waals surface area contributed by atoms with Crippen molar-refractivity contribution in [3.63, 3.8) is 0 Å². The SMILES string of the molecule is C1=CC2=Cc3ccc4c(-c5c6ccccc6c(-c6cccc(-c7cccc(-c8cccc9c8oc8ccccc89)c7)c6)c6ccccc56)cccc4c3CC2C=C1. The second-order valence-corrected chi connectivity index (χ2v) is 15.5. The topological polar surface area (TPSA) is 13.1 Å². The van der Waals surface area contributed by atoms with Gasteiger partial charge in [0.25, 0.3) is 0 Å². The third kappa shape index (κ3) is 5.02. The minimum Gasteiger partial charge on any atom is -0.455 e. The number of rotatable bonds is 4. The summed E-state index contributed by atoms with van der Waals surface area (Å²) < 4.78 is 6.44. The Morgan fingerprint density at radius 2 is 1.02 bits per heavy atom. The highest BCUT2D eigenvalue weighted by Gasteiger charge is 2.23. The summed E-state index contributed by atoms with van der Waals surface area (Å²) in [5.74, 6) is 0.432. The van der Waals surface area contributed by atoms with Crippen molar-refractivity contribution in [1.82, 2.24) is 0 Å². The van der Waals surface area contributed by atoms with Gasteiger partial charge in [-0.05, 0) is 113 Å². The molecule has 0 bridgehead atoms. The lowest BCUT2D eigenvalue weighted by molar-refractivity contribution is 0.670. The van der Waals surface area contributed by atoms with Gasteiger partial charge in [0.1, 0.15) is 11.2 Å². The van der Waals surface area contributed by atoms with Gasteiger partial charge in [-0.3, -0.25) is 0 Å². The van der Waals surface area contributed by atoms with Crippen molar-refractivity contribution in [3.05, 3.63) is 211 Å². The highest BCUT2D eigenvalue weighted by Crippen LogP contribution is 2.47. The molecule has 1 atom stereocenters. The fourth-order valence-electron chi connectivity index (χ4n) is 9.78. The predicted octanol–water partition coefficient (Wildman–Crippen LogP) is 15.4. The van der Waals surface area contributed by atoms with E-state index in [1.54, 1.807) is 0 Å². The van der Waals surface area contributed by atoms with Gasteiger partial charge in [-0.1, -0.05) is 182 Å². The fourth-order valence-corrected chi connectivity index (χ4v) is 9.78. The Morgan fingerprint density at radius 1 is 0.421 bits per heavy atom. The monoisotopic (exact) mass is 724 g/mol. The molecule has 57 heavy (non-hydrogen) atoms. The maximum absolute atomic E-state index is 6.44. The molecule has 0 amide bonds. The Kier molecular flexibility index (Phi) is 7.12. The molecule has 0 saturated heterocycles. The second-order valence-electron chi connectivity index (χ2n) is 15.5. The quantitative estimate of drug-likeness (QED) is 0.165. The summed E-state index contributed by atoms with van der Waals surface area (Å²) in [4.78, 5) is 0. The van der Waals surface area contributed by atoms with Crippen LogP contribution in [-0.4, -0.2) is 0 Å². The van der Waals surface area contributed by atoms with Crippen LogP contribution in [0.4, 0.5) is 0 Å². The van der Waals surface area contributed by atoms with Crippen LogP contribution in [0.2, 0.25) is 0 Å². The van der Waals surface area contributed by atoms with E-state index in [1.807, 2.05) is 12.1 Å². The number of hydrogen-bond donors (Lipinski definition) is 0. The molecule has 1 aromatic heterocycles. The van der Waals surface area contributed by atoms with Crippen molar-refractivity contribution in [2.75, 3.05) is 0 Å². The highest BCUT2D eigenvalue weighted by atomic mass is 16.3. The summed E-state index contributed by atoms with van der Waals surface area (Å²) in [6.45, 7) is 0. The summed E-state index contributed by atoms with van der Waals surface area (Å²) in [6, 6.07) is 62.4. The van der Waals surface area contributed by atoms with Crippen LogP contribution >= 0.6 is 0 Å². The van der Waals surface area contributed by atoms with Gasteiger partial charge in [-0.15, -0.1) is 0 Å². The largest absolute Gasteiger partial charge is 0.455 e. The van der Waals surface area contributed by atoms with Crippen molar-refractivity contribution < 1.29 is 4.42 Å². The fraction of sp³-hybridized carbons (Fsp3) is 0.0357. The molecule has 1 heteroatoms. The minimum atomic E-state index is 0.432. The standard InChI is InChI=1S/C56H36O/c1-2-14-38-34-52-40(32-35(38)13-1)29-30-44-43(52)25-12-26-46(44)55-49-22-5-3-20-47(49)54(48-21-4-6-23-50(48)55)41-18-10-16-37(33-41)36-15-9-17-39(31-36)42-24-11-27-51-45-19-7-8-28-53(45)57-56(42)51/h1-33,38H,34H2. The molecule has 266 valence electrons. The number of furan rings is 1. The van der Waals surface area contributed by atoms with Gasteiger partial charge in [-0.25, -0.2) is 0 Å². The van der Waals surface area contributed by atoms with E-state index in [1.165, 1.54) is 82.4 Å². The maximum atomic E-state index is 6.44. The Hall–Kier alpha value is -7.22. The molecule has 0 radical (unpaired) electrons. The van der Waals surface area contributed by atoms with E-state index < -0.39 is 0 Å². The lowest BCUT2D eigenvalue weighted by Gasteiger charge is -2.26. The average Bonchev–Trinajstić information content (AvgIpc) is 3.66. The van der Waals surface area contributed by atoms with E-state index in [2.05, 4.69) is 188 Å². The van der Waals surface area contributed by atoms with E-state index in [4.69, 9.17) is 4.42 Å². The molecule has 0 fully saturated rings. The summed E-state index contributed by atoms with van der Waals surface area (Å²) in [5, 5.41) is 10.0. The Labute approximate surface area is 331 Å². The zero-order valence-electron chi connectivity index (χ0n) is 31.2. The molecule has 2 aliphatic carbocycles. The molecular weight excluding hydrogens is 689 g/mol. The van der Waals surface area contributed by atoms with E-state index in [0.717, 1.165) is 39.5 Å². The van der Waals surface area contributed by atoms with E-state index in [0.29, 0.717) is 5.92 Å². The highest BCUT2D eigenvalue weighted by molar-refractivity contribution is 6.24. The van der Waals surface area contributed by atoms with Gasteiger partial charge >= 0.3 is 0 Å². The van der Waals surface area contributed by atoms with Crippen LogP contribution in [0.25, 0.3) is 105 Å². The molecule has 0 spiro atoms. The lowest BCUT2D eigenvalue weighted by atomic mass is 9.78. The molecular formula is C56H36O. The number of fused-ring (bicyclic) bond motifs is 9. The molecule has 12 rings (SSSR count). The summed E-state index contributed by atoms with van der Waals surface area (Å²) in [6.07, 6.45) is 12.4. The molecule has 1 nitrogen and oxygen atoms in total. The first kappa shape index (κ1) is 32.1. The van der Waals surface area contributed by atoms with Gasteiger partial charge in [0.2, 0.25) is 0 Å². The summed E-state index contributed by atoms with van der Waals surface area (Å²) >= 11 is 0. The molecule has 0 N–H and O–H groups in total. The molecule has 2 aliphatic rings. The van der Waals surface area contributed by atoms with Gasteiger partial charge < -0.3 is 4.42 Å². The van der Waals surface area contributed by atoms with Crippen LogP contribution < -0.4 is 0 Å². The lowest BCUT2D eigenvalue weighted by Crippen LogP contribution is -2.12. The van der Waals surface area contributed by atoms with E-state index in [9.17, 15) is 0 Å². The van der Waals surface area contributed by atoms with Crippen LogP contribution in [0, 0.1) is 5.92 Å².